The maximum absolute atomic E-state index is 12.2. The van der Waals surface area contributed by atoms with E-state index < -0.39 is 5.97 Å². The number of amides is 2. The number of nitrogens with zero attached hydrogens (tertiary/aromatic N) is 2. The highest BCUT2D eigenvalue weighted by Crippen LogP contribution is 2.07. The number of aromatic nitrogens is 1. The summed E-state index contributed by atoms with van der Waals surface area (Å²) in [6, 6.07) is 3.13. The van der Waals surface area contributed by atoms with Crippen LogP contribution in [0.1, 0.15) is 22.5 Å². The third kappa shape index (κ3) is 4.13. The second-order valence-electron chi connectivity index (χ2n) is 4.58. The summed E-state index contributed by atoms with van der Waals surface area (Å²) in [5.74, 6) is -1.53. The van der Waals surface area contributed by atoms with Crippen LogP contribution in [0.4, 0.5) is 0 Å². The molecule has 2 amide bonds. The highest BCUT2D eigenvalue weighted by molar-refractivity contribution is 5.95. The Morgan fingerprint density at radius 3 is 2.86 bits per heavy atom. The summed E-state index contributed by atoms with van der Waals surface area (Å²) < 4.78 is 0. The summed E-state index contributed by atoms with van der Waals surface area (Å²) in [5, 5.41) is 11.2. The summed E-state index contributed by atoms with van der Waals surface area (Å²) in [7, 11) is 0. The first kappa shape index (κ1) is 14.7. The molecule has 0 unspecified atom stereocenters. The van der Waals surface area contributed by atoms with Gasteiger partial charge in [-0.15, -0.1) is 0 Å². The van der Waals surface area contributed by atoms with Crippen molar-refractivity contribution < 1.29 is 19.5 Å². The van der Waals surface area contributed by atoms with E-state index >= 15 is 0 Å². The van der Waals surface area contributed by atoms with Gasteiger partial charge in [-0.1, -0.05) is 6.07 Å². The number of nitrogens with one attached hydrogen (secondary N) is 1. The highest BCUT2D eigenvalue weighted by Gasteiger charge is 2.21. The molecule has 0 atom stereocenters. The Bertz CT molecular complexity index is 580. The lowest BCUT2D eigenvalue weighted by Gasteiger charge is -2.18. The van der Waals surface area contributed by atoms with Gasteiger partial charge in [-0.2, -0.15) is 0 Å². The fourth-order valence-electron chi connectivity index (χ4n) is 1.94. The molecule has 2 rings (SSSR count). The van der Waals surface area contributed by atoms with Gasteiger partial charge in [0.1, 0.15) is 5.69 Å². The maximum atomic E-state index is 12.2. The molecule has 7 heteroatoms. The Morgan fingerprint density at radius 2 is 2.19 bits per heavy atom. The van der Waals surface area contributed by atoms with Crippen molar-refractivity contribution >= 4 is 23.9 Å². The monoisotopic (exact) mass is 289 g/mol. The van der Waals surface area contributed by atoms with E-state index in [2.05, 4.69) is 10.3 Å². The molecule has 0 saturated carbocycles. The number of hydrogen-bond acceptors (Lipinski definition) is 4. The molecule has 1 aromatic rings. The topological polar surface area (TPSA) is 99.6 Å². The Morgan fingerprint density at radius 1 is 1.38 bits per heavy atom. The number of carboxylic acid groups (broad SMARTS) is 1. The van der Waals surface area contributed by atoms with Crippen molar-refractivity contribution in [2.45, 2.75) is 6.42 Å². The molecule has 0 bridgehead atoms. The van der Waals surface area contributed by atoms with Crippen molar-refractivity contribution in [2.24, 2.45) is 0 Å². The van der Waals surface area contributed by atoms with Crippen LogP contribution in [0, 0.1) is 0 Å². The third-order valence-electron chi connectivity index (χ3n) is 2.97. The standard InChI is InChI=1S/C14H15N3O4/c18-12-9-17(7-1-6-15-12)14(21)11-4-2-10(8-16-11)3-5-13(19)20/h2-5,8H,1,6-7,9H2,(H,15,18)(H,19,20). The molecular formula is C14H15N3O4. The zero-order valence-electron chi connectivity index (χ0n) is 11.3. The van der Waals surface area contributed by atoms with Gasteiger partial charge in [0.05, 0.1) is 6.54 Å². The van der Waals surface area contributed by atoms with Crippen LogP contribution in [-0.4, -0.2) is 52.4 Å². The predicted octanol–water partition coefficient (Wildman–Crippen LogP) is 0.142. The molecule has 7 nitrogen and oxygen atoms in total. The fourth-order valence-corrected chi connectivity index (χ4v) is 1.94. The molecule has 2 N–H and O–H groups in total. The van der Waals surface area contributed by atoms with Gasteiger partial charge in [0.15, 0.2) is 0 Å². The minimum absolute atomic E-state index is 0.0290. The second kappa shape index (κ2) is 6.65. The number of carbonyl (C=O) groups excluding carboxylic acids is 2. The van der Waals surface area contributed by atoms with E-state index in [4.69, 9.17) is 5.11 Å². The summed E-state index contributed by atoms with van der Waals surface area (Å²) >= 11 is 0. The molecule has 1 aromatic heterocycles. The quantitative estimate of drug-likeness (QED) is 0.771. The number of hydrogen-bond donors (Lipinski definition) is 2. The fraction of sp³-hybridized carbons (Fsp3) is 0.286. The number of pyridine rings is 1. The van der Waals surface area contributed by atoms with E-state index in [0.717, 1.165) is 6.08 Å². The van der Waals surface area contributed by atoms with E-state index in [1.807, 2.05) is 0 Å². The van der Waals surface area contributed by atoms with Gasteiger partial charge in [0, 0.05) is 25.4 Å². The van der Waals surface area contributed by atoms with E-state index in [1.165, 1.54) is 23.2 Å². The molecule has 0 radical (unpaired) electrons. The molecule has 110 valence electrons. The number of rotatable bonds is 3. The lowest BCUT2D eigenvalue weighted by molar-refractivity contribution is -0.131. The van der Waals surface area contributed by atoms with E-state index in [-0.39, 0.29) is 24.1 Å². The van der Waals surface area contributed by atoms with Crippen molar-refractivity contribution in [3.8, 4) is 0 Å². The molecule has 1 aliphatic heterocycles. The SMILES string of the molecule is O=C(O)C=Cc1ccc(C(=O)N2CCCNC(=O)C2)nc1. The van der Waals surface area contributed by atoms with Crippen LogP contribution in [0.3, 0.4) is 0 Å². The first-order chi connectivity index (χ1) is 10.1. The normalized spacial score (nSPS) is 15.6. The van der Waals surface area contributed by atoms with Crippen molar-refractivity contribution in [1.82, 2.24) is 15.2 Å². The Labute approximate surface area is 121 Å². The summed E-state index contributed by atoms with van der Waals surface area (Å²) in [6.07, 6.45) is 4.52. The molecule has 1 saturated heterocycles. The van der Waals surface area contributed by atoms with Gasteiger partial charge < -0.3 is 15.3 Å². The van der Waals surface area contributed by atoms with Crippen LogP contribution in [0.15, 0.2) is 24.4 Å². The van der Waals surface area contributed by atoms with Crippen LogP contribution < -0.4 is 5.32 Å². The molecular weight excluding hydrogens is 274 g/mol. The first-order valence-corrected chi connectivity index (χ1v) is 6.49. The Hall–Kier alpha value is -2.70. The van der Waals surface area contributed by atoms with Gasteiger partial charge in [0.25, 0.3) is 5.91 Å². The predicted molar refractivity (Wildman–Crippen MR) is 74.4 cm³/mol. The van der Waals surface area contributed by atoms with Gasteiger partial charge in [0.2, 0.25) is 5.91 Å². The van der Waals surface area contributed by atoms with Gasteiger partial charge in [-0.3, -0.25) is 14.6 Å². The van der Waals surface area contributed by atoms with E-state index in [0.29, 0.717) is 25.1 Å². The summed E-state index contributed by atoms with van der Waals surface area (Å²) in [5.41, 5.74) is 0.819. The van der Waals surface area contributed by atoms with Crippen LogP contribution >= 0.6 is 0 Å². The summed E-state index contributed by atoms with van der Waals surface area (Å²) in [6.45, 7) is 1.09. The average molecular weight is 289 g/mol. The van der Waals surface area contributed by atoms with Crippen molar-refractivity contribution in [3.05, 3.63) is 35.7 Å². The minimum Gasteiger partial charge on any atom is -0.478 e. The van der Waals surface area contributed by atoms with Crippen molar-refractivity contribution in [1.29, 1.82) is 0 Å². The zero-order chi connectivity index (χ0) is 15.2. The van der Waals surface area contributed by atoms with Crippen LogP contribution in [0.25, 0.3) is 6.08 Å². The largest absolute Gasteiger partial charge is 0.478 e. The van der Waals surface area contributed by atoms with Gasteiger partial charge in [-0.05, 0) is 24.1 Å². The molecule has 0 aliphatic carbocycles. The number of carbonyl (C=O) groups is 3. The van der Waals surface area contributed by atoms with Gasteiger partial charge in [-0.25, -0.2) is 4.79 Å². The summed E-state index contributed by atoms with van der Waals surface area (Å²) in [4.78, 5) is 39.6. The molecule has 0 aromatic carbocycles. The minimum atomic E-state index is -1.05. The van der Waals surface area contributed by atoms with E-state index in [9.17, 15) is 14.4 Å². The average Bonchev–Trinajstić information content (AvgIpc) is 2.69. The lowest BCUT2D eigenvalue weighted by Crippen LogP contribution is -2.37. The van der Waals surface area contributed by atoms with Crippen molar-refractivity contribution in [3.63, 3.8) is 0 Å². The highest BCUT2D eigenvalue weighted by atomic mass is 16.4. The van der Waals surface area contributed by atoms with Crippen LogP contribution in [-0.2, 0) is 9.59 Å². The van der Waals surface area contributed by atoms with Crippen LogP contribution in [0.2, 0.25) is 0 Å². The molecule has 2 heterocycles. The maximum Gasteiger partial charge on any atom is 0.328 e. The zero-order valence-corrected chi connectivity index (χ0v) is 11.3. The molecule has 21 heavy (non-hydrogen) atoms. The van der Waals surface area contributed by atoms with Crippen molar-refractivity contribution in [2.75, 3.05) is 19.6 Å². The Balaban J connectivity index is 2.08. The van der Waals surface area contributed by atoms with E-state index in [1.54, 1.807) is 6.07 Å². The Kier molecular flexibility index (Phi) is 4.65. The first-order valence-electron chi connectivity index (χ1n) is 6.49. The molecule has 1 fully saturated rings. The molecule has 1 aliphatic rings. The third-order valence-corrected chi connectivity index (χ3v) is 2.97. The molecule has 0 spiro atoms. The lowest BCUT2D eigenvalue weighted by atomic mass is 10.2. The number of aliphatic carboxylic acids is 1. The second-order valence-corrected chi connectivity index (χ2v) is 4.58. The smallest absolute Gasteiger partial charge is 0.328 e. The van der Waals surface area contributed by atoms with Gasteiger partial charge >= 0.3 is 5.97 Å². The van der Waals surface area contributed by atoms with Crippen LogP contribution in [0.5, 0.6) is 0 Å². The number of carboxylic acids is 1.